The maximum absolute atomic E-state index is 11.8. The van der Waals surface area contributed by atoms with Gasteiger partial charge in [-0.25, -0.2) is 9.97 Å². The zero-order valence-corrected chi connectivity index (χ0v) is 19.0. The molecule has 0 spiro atoms. The first-order chi connectivity index (χ1) is 15.0. The number of morpholine rings is 1. The Morgan fingerprint density at radius 2 is 1.90 bits per heavy atom. The Hall–Kier alpha value is -2.25. The number of nitrogens with zero attached hydrogens (tertiary/aromatic N) is 4. The second-order valence-corrected chi connectivity index (χ2v) is 9.08. The van der Waals surface area contributed by atoms with Gasteiger partial charge in [-0.3, -0.25) is 9.69 Å². The normalized spacial score (nSPS) is 23.3. The third kappa shape index (κ3) is 5.71. The summed E-state index contributed by atoms with van der Waals surface area (Å²) in [5.74, 6) is 2.39. The topological polar surface area (TPSA) is 74.4 Å². The summed E-state index contributed by atoms with van der Waals surface area (Å²) in [5.41, 5.74) is 1.53. The van der Waals surface area contributed by atoms with Crippen LogP contribution in [0.2, 0.25) is 0 Å². The fraction of sp³-hybridized carbons (Fsp3) is 0.625. The number of hydrogen-bond donors (Lipinski definition) is 1. The Bertz CT molecular complexity index is 895. The van der Waals surface area contributed by atoms with Gasteiger partial charge in [0.15, 0.2) is 0 Å². The number of pyridine rings is 1. The van der Waals surface area contributed by atoms with E-state index >= 15 is 0 Å². The molecule has 2 aromatic heterocycles. The van der Waals surface area contributed by atoms with Gasteiger partial charge in [-0.2, -0.15) is 0 Å². The van der Waals surface area contributed by atoms with E-state index in [-0.39, 0.29) is 5.56 Å². The van der Waals surface area contributed by atoms with Crippen molar-refractivity contribution in [1.82, 2.24) is 19.9 Å². The quantitative estimate of drug-likeness (QED) is 0.767. The summed E-state index contributed by atoms with van der Waals surface area (Å²) in [7, 11) is 0. The monoisotopic (exact) mass is 425 g/mol. The van der Waals surface area contributed by atoms with Crippen molar-refractivity contribution in [3.8, 4) is 11.4 Å². The van der Waals surface area contributed by atoms with E-state index in [1.165, 1.54) is 25.8 Å². The number of piperidine rings is 1. The summed E-state index contributed by atoms with van der Waals surface area (Å²) in [5, 5.41) is 0. The van der Waals surface area contributed by atoms with Crippen LogP contribution in [-0.2, 0) is 11.2 Å². The van der Waals surface area contributed by atoms with Gasteiger partial charge in [0, 0.05) is 49.7 Å². The van der Waals surface area contributed by atoms with Gasteiger partial charge in [-0.1, -0.05) is 6.92 Å². The highest BCUT2D eigenvalue weighted by molar-refractivity contribution is 5.56. The average Bonchev–Trinajstić information content (AvgIpc) is 2.77. The van der Waals surface area contributed by atoms with Crippen molar-refractivity contribution in [1.29, 1.82) is 0 Å². The first kappa shape index (κ1) is 22.0. The molecule has 2 saturated heterocycles. The molecule has 0 bridgehead atoms. The molecule has 1 N–H and O–H groups in total. The maximum atomic E-state index is 11.8. The van der Waals surface area contributed by atoms with E-state index in [1.54, 1.807) is 6.07 Å². The Morgan fingerprint density at radius 1 is 1.16 bits per heavy atom. The lowest BCUT2D eigenvalue weighted by Gasteiger charge is -2.37. The number of H-pyrrole nitrogens is 1. The number of ether oxygens (including phenoxy) is 1. The van der Waals surface area contributed by atoms with Crippen LogP contribution >= 0.6 is 0 Å². The molecule has 7 nitrogen and oxygen atoms in total. The Kier molecular flexibility index (Phi) is 7.02. The molecule has 7 heteroatoms. The highest BCUT2D eigenvalue weighted by atomic mass is 16.5. The van der Waals surface area contributed by atoms with Crippen molar-refractivity contribution in [2.45, 2.75) is 58.7 Å². The van der Waals surface area contributed by atoms with Crippen LogP contribution in [-0.4, -0.2) is 64.8 Å². The van der Waals surface area contributed by atoms with Crippen molar-refractivity contribution < 1.29 is 4.74 Å². The number of aromatic nitrogens is 3. The van der Waals surface area contributed by atoms with E-state index in [4.69, 9.17) is 4.74 Å². The molecule has 168 valence electrons. The van der Waals surface area contributed by atoms with E-state index in [1.807, 2.05) is 25.3 Å². The number of nitrogens with one attached hydrogen (secondary N) is 1. The molecule has 31 heavy (non-hydrogen) atoms. The van der Waals surface area contributed by atoms with Gasteiger partial charge in [0.05, 0.1) is 12.2 Å². The lowest BCUT2D eigenvalue weighted by atomic mass is 9.93. The van der Waals surface area contributed by atoms with Crippen LogP contribution in [0.3, 0.4) is 0 Å². The second kappa shape index (κ2) is 9.92. The van der Waals surface area contributed by atoms with Crippen molar-refractivity contribution >= 4 is 5.82 Å². The fourth-order valence-corrected chi connectivity index (χ4v) is 4.82. The smallest absolute Gasteiger partial charge is 0.251 e. The number of anilines is 1. The summed E-state index contributed by atoms with van der Waals surface area (Å²) >= 11 is 0. The van der Waals surface area contributed by atoms with Gasteiger partial charge in [0.1, 0.15) is 11.6 Å². The molecule has 2 aromatic rings. The molecular formula is C24H35N5O2. The molecular weight excluding hydrogens is 390 g/mol. The minimum absolute atomic E-state index is 0.117. The summed E-state index contributed by atoms with van der Waals surface area (Å²) in [6.45, 7) is 11.7. The van der Waals surface area contributed by atoms with Crippen molar-refractivity contribution in [3.05, 3.63) is 40.4 Å². The minimum Gasteiger partial charge on any atom is -0.373 e. The molecule has 0 radical (unpaired) electrons. The van der Waals surface area contributed by atoms with E-state index in [0.717, 1.165) is 55.6 Å². The average molecular weight is 426 g/mol. The number of aromatic amines is 1. The van der Waals surface area contributed by atoms with Gasteiger partial charge in [0.25, 0.3) is 5.56 Å². The van der Waals surface area contributed by atoms with E-state index in [2.05, 4.69) is 38.6 Å². The summed E-state index contributed by atoms with van der Waals surface area (Å²) in [4.78, 5) is 28.8. The summed E-state index contributed by atoms with van der Waals surface area (Å²) in [6, 6.07) is 5.60. The lowest BCUT2D eigenvalue weighted by Crippen LogP contribution is -2.46. The minimum atomic E-state index is -0.117. The van der Waals surface area contributed by atoms with Gasteiger partial charge in [0.2, 0.25) is 0 Å². The molecule has 2 aliphatic rings. The largest absolute Gasteiger partial charge is 0.373 e. The van der Waals surface area contributed by atoms with Crippen LogP contribution in [0.15, 0.2) is 29.2 Å². The van der Waals surface area contributed by atoms with Crippen LogP contribution in [0.5, 0.6) is 0 Å². The predicted molar refractivity (Wildman–Crippen MR) is 123 cm³/mol. The third-order valence-corrected chi connectivity index (χ3v) is 6.47. The number of hydrogen-bond acceptors (Lipinski definition) is 6. The van der Waals surface area contributed by atoms with Crippen LogP contribution < -0.4 is 10.5 Å². The van der Waals surface area contributed by atoms with Crippen LogP contribution in [0.4, 0.5) is 5.82 Å². The van der Waals surface area contributed by atoms with E-state index in [9.17, 15) is 4.79 Å². The van der Waals surface area contributed by atoms with Crippen molar-refractivity contribution in [3.63, 3.8) is 0 Å². The van der Waals surface area contributed by atoms with Crippen molar-refractivity contribution in [2.75, 3.05) is 37.6 Å². The summed E-state index contributed by atoms with van der Waals surface area (Å²) in [6.07, 6.45) is 6.94. The molecule has 0 amide bonds. The zero-order chi connectivity index (χ0) is 21.8. The molecule has 2 atom stereocenters. The lowest BCUT2D eigenvalue weighted by molar-refractivity contribution is -0.0690. The second-order valence-electron chi connectivity index (χ2n) is 9.08. The molecule has 2 unspecified atom stereocenters. The maximum Gasteiger partial charge on any atom is 0.251 e. The van der Waals surface area contributed by atoms with Crippen LogP contribution in [0.1, 0.15) is 45.7 Å². The van der Waals surface area contributed by atoms with Gasteiger partial charge < -0.3 is 14.6 Å². The molecule has 0 saturated carbocycles. The van der Waals surface area contributed by atoms with Crippen molar-refractivity contribution in [2.24, 2.45) is 5.92 Å². The standard InChI is InChI=1S/C24H35N5O2/c1-4-21-13-23(30)27-24(26-21)20-5-6-22(25-14-20)29-11-8-19(9-12-29)7-10-28-15-17(2)31-18(3)16-28/h5-6,13-14,17-19H,4,7-12,15-16H2,1-3H3,(H,26,27,30). The fourth-order valence-electron chi connectivity index (χ4n) is 4.82. The number of aryl methyl sites for hydroxylation is 1. The molecule has 2 fully saturated rings. The van der Waals surface area contributed by atoms with E-state index < -0.39 is 0 Å². The first-order valence-corrected chi connectivity index (χ1v) is 11.7. The third-order valence-electron chi connectivity index (χ3n) is 6.47. The van der Waals surface area contributed by atoms with Crippen LogP contribution in [0.25, 0.3) is 11.4 Å². The Balaban J connectivity index is 1.29. The Morgan fingerprint density at radius 3 is 2.55 bits per heavy atom. The first-order valence-electron chi connectivity index (χ1n) is 11.7. The molecule has 4 heterocycles. The SMILES string of the molecule is CCc1cc(=O)[nH]c(-c2ccc(N3CCC(CCN4CC(C)OC(C)C4)CC3)nc2)n1. The number of rotatable bonds is 6. The van der Waals surface area contributed by atoms with E-state index in [0.29, 0.717) is 18.0 Å². The molecule has 4 rings (SSSR count). The summed E-state index contributed by atoms with van der Waals surface area (Å²) < 4.78 is 5.85. The van der Waals surface area contributed by atoms with Gasteiger partial charge in [-0.05, 0) is 64.1 Å². The predicted octanol–water partition coefficient (Wildman–Crippen LogP) is 3.11. The van der Waals surface area contributed by atoms with Gasteiger partial charge in [-0.15, -0.1) is 0 Å². The zero-order valence-electron chi connectivity index (χ0n) is 19.0. The molecule has 0 aliphatic carbocycles. The molecule has 2 aliphatic heterocycles. The Labute approximate surface area is 184 Å². The van der Waals surface area contributed by atoms with Gasteiger partial charge >= 0.3 is 0 Å². The molecule has 0 aromatic carbocycles. The van der Waals surface area contributed by atoms with Crippen LogP contribution in [0, 0.1) is 5.92 Å². The highest BCUT2D eigenvalue weighted by Gasteiger charge is 2.24. The highest BCUT2D eigenvalue weighted by Crippen LogP contribution is 2.26.